The summed E-state index contributed by atoms with van der Waals surface area (Å²) in [6.45, 7) is 7.26. The van der Waals surface area contributed by atoms with Crippen molar-refractivity contribution in [3.63, 3.8) is 0 Å². The van der Waals surface area contributed by atoms with E-state index in [1.54, 1.807) is 13.1 Å². The number of ether oxygens (including phenoxy) is 3. The van der Waals surface area contributed by atoms with Gasteiger partial charge in [0, 0.05) is 36.6 Å². The topological polar surface area (TPSA) is 91.8 Å². The van der Waals surface area contributed by atoms with Crippen LogP contribution in [0.5, 0.6) is 5.75 Å². The Kier molecular flexibility index (Phi) is 10.1. The minimum Gasteiger partial charge on any atom is -0.461 e. The van der Waals surface area contributed by atoms with Gasteiger partial charge in [0.15, 0.2) is 5.75 Å². The number of rotatable bonds is 11. The number of carbonyl (C=O) groups excluding carboxylic acids is 3. The molecule has 0 N–H and O–H groups in total. The number of carbonyl (C=O) groups is 3. The van der Waals surface area contributed by atoms with E-state index in [1.165, 1.54) is 0 Å². The van der Waals surface area contributed by atoms with E-state index in [9.17, 15) is 14.4 Å². The van der Waals surface area contributed by atoms with Crippen molar-refractivity contribution < 1.29 is 28.6 Å². The fourth-order valence-corrected chi connectivity index (χ4v) is 2.33. The Balaban J connectivity index is 3.09. The van der Waals surface area contributed by atoms with Gasteiger partial charge in [-0.05, 0) is 26.2 Å². The highest BCUT2D eigenvalue weighted by atomic mass is 16.5. The Labute approximate surface area is 160 Å². The number of pyridine rings is 1. The van der Waals surface area contributed by atoms with E-state index in [0.717, 1.165) is 0 Å². The Hall–Kier alpha value is -2.44. The third-order valence-electron chi connectivity index (χ3n) is 3.75. The van der Waals surface area contributed by atoms with E-state index < -0.39 is 0 Å². The van der Waals surface area contributed by atoms with Crippen LogP contribution in [0.2, 0.25) is 0 Å². The molecule has 0 radical (unpaired) electrons. The molecule has 0 saturated heterocycles. The summed E-state index contributed by atoms with van der Waals surface area (Å²) in [4.78, 5) is 39.7. The highest BCUT2D eigenvalue weighted by molar-refractivity contribution is 5.73. The highest BCUT2D eigenvalue weighted by Gasteiger charge is 2.19. The SMILES string of the molecule is CCCC(=O)OCc1cnc(C)c(OC(=O)CCC)c1COC(=O)CCC. The molecule has 0 saturated carbocycles. The van der Waals surface area contributed by atoms with Crippen LogP contribution in [0.1, 0.15) is 76.1 Å². The van der Waals surface area contributed by atoms with Gasteiger partial charge in [-0.25, -0.2) is 0 Å². The lowest BCUT2D eigenvalue weighted by Crippen LogP contribution is -2.15. The number of aryl methyl sites for hydroxylation is 1. The zero-order valence-electron chi connectivity index (χ0n) is 16.6. The average molecular weight is 379 g/mol. The summed E-state index contributed by atoms with van der Waals surface area (Å²) in [6.07, 6.45) is 4.45. The van der Waals surface area contributed by atoms with E-state index in [2.05, 4.69) is 4.98 Å². The van der Waals surface area contributed by atoms with Gasteiger partial charge in [-0.2, -0.15) is 0 Å². The fourth-order valence-electron chi connectivity index (χ4n) is 2.33. The maximum Gasteiger partial charge on any atom is 0.311 e. The third kappa shape index (κ3) is 7.76. The first-order valence-corrected chi connectivity index (χ1v) is 9.42. The van der Waals surface area contributed by atoms with E-state index in [4.69, 9.17) is 14.2 Å². The lowest BCUT2D eigenvalue weighted by molar-refractivity contribution is -0.146. The molecule has 1 heterocycles. The molecule has 1 aromatic rings. The smallest absolute Gasteiger partial charge is 0.311 e. The molecule has 0 aliphatic rings. The number of hydrogen-bond acceptors (Lipinski definition) is 7. The van der Waals surface area contributed by atoms with E-state index in [0.29, 0.717) is 48.9 Å². The average Bonchev–Trinajstić information content (AvgIpc) is 2.62. The minimum atomic E-state index is -0.385. The molecule has 0 spiro atoms. The quantitative estimate of drug-likeness (QED) is 0.540. The molecule has 0 amide bonds. The highest BCUT2D eigenvalue weighted by Crippen LogP contribution is 2.28. The summed E-state index contributed by atoms with van der Waals surface area (Å²) in [5, 5.41) is 0. The summed E-state index contributed by atoms with van der Waals surface area (Å²) in [6, 6.07) is 0. The maximum absolute atomic E-state index is 12.0. The predicted octanol–water partition coefficient (Wildman–Crippen LogP) is 3.78. The van der Waals surface area contributed by atoms with Crippen molar-refractivity contribution in [1.29, 1.82) is 0 Å². The Morgan fingerprint density at radius 3 is 1.93 bits per heavy atom. The molecule has 0 bridgehead atoms. The largest absolute Gasteiger partial charge is 0.461 e. The van der Waals surface area contributed by atoms with Crippen LogP contribution in [0.25, 0.3) is 0 Å². The standard InChI is InChI=1S/C20H29NO6/c1-5-8-17(22)25-12-15-11-21-14(4)20(27-19(24)10-7-3)16(15)13-26-18(23)9-6-2/h11H,5-10,12-13H2,1-4H3. The molecular weight excluding hydrogens is 350 g/mol. The van der Waals surface area contributed by atoms with Crippen molar-refractivity contribution in [1.82, 2.24) is 4.98 Å². The van der Waals surface area contributed by atoms with Crippen LogP contribution in [0.4, 0.5) is 0 Å². The van der Waals surface area contributed by atoms with Crippen LogP contribution in [-0.4, -0.2) is 22.9 Å². The zero-order chi connectivity index (χ0) is 20.2. The van der Waals surface area contributed by atoms with Gasteiger partial charge in [-0.3, -0.25) is 19.4 Å². The van der Waals surface area contributed by atoms with Crippen molar-refractivity contribution in [2.24, 2.45) is 0 Å². The molecule has 27 heavy (non-hydrogen) atoms. The van der Waals surface area contributed by atoms with Gasteiger partial charge >= 0.3 is 17.9 Å². The van der Waals surface area contributed by atoms with E-state index >= 15 is 0 Å². The molecule has 7 nitrogen and oxygen atoms in total. The van der Waals surface area contributed by atoms with E-state index in [-0.39, 0.29) is 43.3 Å². The molecule has 1 rings (SSSR count). The van der Waals surface area contributed by atoms with Crippen LogP contribution >= 0.6 is 0 Å². The number of esters is 3. The van der Waals surface area contributed by atoms with Crippen LogP contribution in [0.3, 0.4) is 0 Å². The third-order valence-corrected chi connectivity index (χ3v) is 3.75. The van der Waals surface area contributed by atoms with Crippen molar-refractivity contribution in [3.05, 3.63) is 23.0 Å². The second kappa shape index (κ2) is 12.0. The lowest BCUT2D eigenvalue weighted by Gasteiger charge is -2.16. The maximum atomic E-state index is 12.0. The van der Waals surface area contributed by atoms with Gasteiger partial charge in [0.1, 0.15) is 13.2 Å². The first-order valence-electron chi connectivity index (χ1n) is 9.42. The van der Waals surface area contributed by atoms with Crippen LogP contribution in [0, 0.1) is 6.92 Å². The molecule has 0 atom stereocenters. The molecule has 7 heteroatoms. The summed E-state index contributed by atoms with van der Waals surface area (Å²) in [5.74, 6) is -0.784. The van der Waals surface area contributed by atoms with Crippen LogP contribution in [0.15, 0.2) is 6.20 Å². The number of aromatic nitrogens is 1. The second-order valence-corrected chi connectivity index (χ2v) is 6.22. The number of nitrogens with zero attached hydrogens (tertiary/aromatic N) is 1. The van der Waals surface area contributed by atoms with Crippen molar-refractivity contribution in [3.8, 4) is 5.75 Å². The Morgan fingerprint density at radius 2 is 1.37 bits per heavy atom. The Bertz CT molecular complexity index is 656. The van der Waals surface area contributed by atoms with Crippen molar-refractivity contribution in [2.75, 3.05) is 0 Å². The van der Waals surface area contributed by atoms with Crippen molar-refractivity contribution in [2.45, 2.75) is 79.4 Å². The fraction of sp³-hybridized carbons (Fsp3) is 0.600. The van der Waals surface area contributed by atoms with Gasteiger partial charge in [-0.15, -0.1) is 0 Å². The monoisotopic (exact) mass is 379 g/mol. The molecular formula is C20H29NO6. The second-order valence-electron chi connectivity index (χ2n) is 6.22. The van der Waals surface area contributed by atoms with E-state index in [1.807, 2.05) is 20.8 Å². The summed E-state index contributed by atoms with van der Waals surface area (Å²) in [5.41, 5.74) is 1.55. The first-order chi connectivity index (χ1) is 12.9. The van der Waals surface area contributed by atoms with Crippen LogP contribution in [-0.2, 0) is 37.1 Å². The molecule has 0 aliphatic heterocycles. The molecule has 0 aliphatic carbocycles. The van der Waals surface area contributed by atoms with Gasteiger partial charge in [0.05, 0.1) is 5.69 Å². The normalized spacial score (nSPS) is 10.4. The van der Waals surface area contributed by atoms with Gasteiger partial charge in [-0.1, -0.05) is 20.8 Å². The lowest BCUT2D eigenvalue weighted by atomic mass is 10.1. The molecule has 150 valence electrons. The molecule has 0 aromatic carbocycles. The van der Waals surface area contributed by atoms with Gasteiger partial charge in [0.2, 0.25) is 0 Å². The number of hydrogen-bond donors (Lipinski definition) is 0. The summed E-state index contributed by atoms with van der Waals surface area (Å²) >= 11 is 0. The van der Waals surface area contributed by atoms with Crippen molar-refractivity contribution >= 4 is 17.9 Å². The van der Waals surface area contributed by atoms with Gasteiger partial charge in [0.25, 0.3) is 0 Å². The zero-order valence-corrected chi connectivity index (χ0v) is 16.6. The molecule has 1 aromatic heterocycles. The minimum absolute atomic E-state index is 0.0227. The van der Waals surface area contributed by atoms with Gasteiger partial charge < -0.3 is 14.2 Å². The molecule has 0 fully saturated rings. The van der Waals surface area contributed by atoms with Crippen LogP contribution < -0.4 is 4.74 Å². The molecule has 0 unspecified atom stereocenters. The first kappa shape index (κ1) is 22.6. The summed E-state index contributed by atoms with van der Waals surface area (Å²) in [7, 11) is 0. The summed E-state index contributed by atoms with van der Waals surface area (Å²) < 4.78 is 16.0. The Morgan fingerprint density at radius 1 is 0.852 bits per heavy atom. The predicted molar refractivity (Wildman–Crippen MR) is 98.9 cm³/mol.